The molecule has 3 heterocycles. The van der Waals surface area contributed by atoms with Crippen molar-refractivity contribution in [2.24, 2.45) is 11.7 Å². The third-order valence-electron chi connectivity index (χ3n) is 5.09. The smallest absolute Gasteiger partial charge is 0.124 e. The van der Waals surface area contributed by atoms with E-state index in [2.05, 4.69) is 20.6 Å². The van der Waals surface area contributed by atoms with E-state index in [1.165, 1.54) is 0 Å². The summed E-state index contributed by atoms with van der Waals surface area (Å²) in [5, 5.41) is 8.91. The topological polar surface area (TPSA) is 93.4 Å². The number of hydrogen-bond acceptors (Lipinski definition) is 5. The fraction of sp³-hybridized carbons (Fsp3) is 0.444. The summed E-state index contributed by atoms with van der Waals surface area (Å²) in [6.07, 6.45) is 8.55. The minimum atomic E-state index is 0.371. The Kier molecular flexibility index (Phi) is 3.87. The average Bonchev–Trinajstić information content (AvgIpc) is 3.02. The quantitative estimate of drug-likeness (QED) is 0.800. The zero-order chi connectivity index (χ0) is 16.5. The number of pyridine rings is 2. The Hall–Kier alpha value is -2.52. The highest BCUT2D eigenvalue weighted by atomic mass is 15.1. The van der Waals surface area contributed by atoms with Crippen LogP contribution in [0.5, 0.6) is 0 Å². The molecule has 1 aliphatic carbocycles. The van der Waals surface area contributed by atoms with Gasteiger partial charge < -0.3 is 10.3 Å². The normalized spacial score (nSPS) is 21.2. The van der Waals surface area contributed by atoms with E-state index in [-0.39, 0.29) is 0 Å². The molecule has 1 aliphatic rings. The largest absolute Gasteiger partial charge is 0.324 e. The summed E-state index contributed by atoms with van der Waals surface area (Å²) in [5.41, 5.74) is 9.65. The van der Waals surface area contributed by atoms with E-state index in [1.807, 2.05) is 18.3 Å². The second kappa shape index (κ2) is 6.17. The first-order chi connectivity index (χ1) is 11.8. The first kappa shape index (κ1) is 15.0. The fourth-order valence-electron chi connectivity index (χ4n) is 3.91. The minimum absolute atomic E-state index is 0.371. The van der Waals surface area contributed by atoms with Gasteiger partial charge in [0.15, 0.2) is 0 Å². The summed E-state index contributed by atoms with van der Waals surface area (Å²) in [6, 6.07) is 6.56. The second-order valence-electron chi connectivity index (χ2n) is 6.50. The van der Waals surface area contributed by atoms with Crippen molar-refractivity contribution in [3.63, 3.8) is 0 Å². The first-order valence-electron chi connectivity index (χ1n) is 8.49. The molecule has 0 bridgehead atoms. The summed E-state index contributed by atoms with van der Waals surface area (Å²) < 4.78 is 2.29. The summed E-state index contributed by atoms with van der Waals surface area (Å²) in [4.78, 5) is 13.7. The Morgan fingerprint density at radius 1 is 1.21 bits per heavy atom. The van der Waals surface area contributed by atoms with Crippen molar-refractivity contribution in [3.8, 4) is 6.07 Å². The highest BCUT2D eigenvalue weighted by Gasteiger charge is 2.26. The number of hydrogen-bond donors (Lipinski definition) is 1. The monoisotopic (exact) mass is 320 g/mol. The van der Waals surface area contributed by atoms with E-state index in [9.17, 15) is 0 Å². The van der Waals surface area contributed by atoms with Crippen molar-refractivity contribution in [2.45, 2.75) is 44.7 Å². The van der Waals surface area contributed by atoms with Gasteiger partial charge in [-0.2, -0.15) is 5.26 Å². The third-order valence-corrected chi connectivity index (χ3v) is 5.09. The Balaban J connectivity index is 1.82. The van der Waals surface area contributed by atoms with Gasteiger partial charge in [-0.1, -0.05) is 0 Å². The number of imidazole rings is 1. The molecule has 0 atom stereocenters. The van der Waals surface area contributed by atoms with Crippen molar-refractivity contribution in [2.75, 3.05) is 0 Å². The van der Waals surface area contributed by atoms with Gasteiger partial charge in [0.1, 0.15) is 16.9 Å². The maximum Gasteiger partial charge on any atom is 0.124 e. The Morgan fingerprint density at radius 3 is 2.79 bits per heavy atom. The molecule has 0 radical (unpaired) electrons. The van der Waals surface area contributed by atoms with Gasteiger partial charge in [0.25, 0.3) is 0 Å². The van der Waals surface area contributed by atoms with Crippen LogP contribution in [0.1, 0.15) is 44.0 Å². The molecule has 24 heavy (non-hydrogen) atoms. The standard InChI is InChI=1S/C18H20N6/c19-8-7-12-3-5-13(6-4-12)24-16(10-20)23-15-11-22-14-2-1-9-21-17(14)18(15)24/h1-2,9,11-13H,3-7,10,20H2. The molecular formula is C18H20N6. The Morgan fingerprint density at radius 2 is 2.04 bits per heavy atom. The Bertz CT molecular complexity index is 914. The molecule has 0 spiro atoms. The number of nitrogens with zero attached hydrogens (tertiary/aromatic N) is 5. The van der Waals surface area contributed by atoms with Crippen molar-refractivity contribution in [1.82, 2.24) is 19.5 Å². The van der Waals surface area contributed by atoms with Gasteiger partial charge in [-0.05, 0) is 43.7 Å². The van der Waals surface area contributed by atoms with E-state index in [1.54, 1.807) is 6.20 Å². The average molecular weight is 320 g/mol. The molecule has 122 valence electrons. The molecule has 6 nitrogen and oxygen atoms in total. The lowest BCUT2D eigenvalue weighted by molar-refractivity contribution is 0.278. The van der Waals surface area contributed by atoms with Crippen molar-refractivity contribution in [1.29, 1.82) is 5.26 Å². The second-order valence-corrected chi connectivity index (χ2v) is 6.50. The van der Waals surface area contributed by atoms with Gasteiger partial charge in [0.05, 0.1) is 29.8 Å². The molecule has 1 fully saturated rings. The summed E-state index contributed by atoms with van der Waals surface area (Å²) >= 11 is 0. The Labute approximate surface area is 140 Å². The number of nitrogens with two attached hydrogens (primary N) is 1. The number of rotatable bonds is 3. The highest BCUT2D eigenvalue weighted by molar-refractivity contribution is 5.99. The molecule has 6 heteroatoms. The van der Waals surface area contributed by atoms with E-state index in [0.29, 0.717) is 24.9 Å². The van der Waals surface area contributed by atoms with Crippen molar-refractivity contribution < 1.29 is 0 Å². The number of fused-ring (bicyclic) bond motifs is 3. The van der Waals surface area contributed by atoms with Crippen LogP contribution in [0, 0.1) is 17.2 Å². The molecular weight excluding hydrogens is 300 g/mol. The van der Waals surface area contributed by atoms with Gasteiger partial charge in [-0.3, -0.25) is 9.97 Å². The zero-order valence-electron chi connectivity index (χ0n) is 13.5. The van der Waals surface area contributed by atoms with Gasteiger partial charge in [0, 0.05) is 18.7 Å². The van der Waals surface area contributed by atoms with Crippen LogP contribution in [-0.2, 0) is 6.54 Å². The molecule has 2 N–H and O–H groups in total. The van der Waals surface area contributed by atoms with Gasteiger partial charge in [-0.15, -0.1) is 0 Å². The van der Waals surface area contributed by atoms with Crippen LogP contribution < -0.4 is 5.73 Å². The molecule has 3 aromatic rings. The lowest BCUT2D eigenvalue weighted by Gasteiger charge is -2.29. The highest BCUT2D eigenvalue weighted by Crippen LogP contribution is 2.37. The van der Waals surface area contributed by atoms with Crippen LogP contribution in [0.25, 0.3) is 22.1 Å². The summed E-state index contributed by atoms with van der Waals surface area (Å²) in [7, 11) is 0. The first-order valence-corrected chi connectivity index (χ1v) is 8.49. The van der Waals surface area contributed by atoms with Crippen LogP contribution in [-0.4, -0.2) is 19.5 Å². The van der Waals surface area contributed by atoms with E-state index >= 15 is 0 Å². The van der Waals surface area contributed by atoms with Crippen LogP contribution in [0.2, 0.25) is 0 Å². The number of aromatic nitrogens is 4. The summed E-state index contributed by atoms with van der Waals surface area (Å²) in [6.45, 7) is 0.404. The van der Waals surface area contributed by atoms with Crippen molar-refractivity contribution >= 4 is 22.1 Å². The molecule has 3 aromatic heterocycles. The predicted octanol–water partition coefficient (Wildman–Crippen LogP) is 3.08. The van der Waals surface area contributed by atoms with Crippen LogP contribution in [0.15, 0.2) is 24.5 Å². The van der Waals surface area contributed by atoms with Gasteiger partial charge in [0.2, 0.25) is 0 Å². The zero-order valence-corrected chi connectivity index (χ0v) is 13.5. The maximum atomic E-state index is 8.91. The van der Waals surface area contributed by atoms with E-state index < -0.39 is 0 Å². The molecule has 0 aliphatic heterocycles. The van der Waals surface area contributed by atoms with E-state index in [0.717, 1.165) is 53.6 Å². The molecule has 1 saturated carbocycles. The molecule has 4 rings (SSSR count). The molecule has 0 amide bonds. The third kappa shape index (κ3) is 2.42. The van der Waals surface area contributed by atoms with Crippen molar-refractivity contribution in [3.05, 3.63) is 30.4 Å². The van der Waals surface area contributed by atoms with Gasteiger partial charge in [-0.25, -0.2) is 4.98 Å². The van der Waals surface area contributed by atoms with Crippen LogP contribution in [0.4, 0.5) is 0 Å². The SMILES string of the molecule is N#CCC1CCC(n2c(CN)nc3cnc4cccnc4c32)CC1. The van der Waals surface area contributed by atoms with Gasteiger partial charge >= 0.3 is 0 Å². The molecule has 0 unspecified atom stereocenters. The maximum absolute atomic E-state index is 8.91. The molecule has 0 saturated heterocycles. The lowest BCUT2D eigenvalue weighted by Crippen LogP contribution is -2.21. The van der Waals surface area contributed by atoms with Crippen LogP contribution >= 0.6 is 0 Å². The lowest BCUT2D eigenvalue weighted by atomic mass is 9.84. The van der Waals surface area contributed by atoms with E-state index in [4.69, 9.17) is 16.0 Å². The fourth-order valence-corrected chi connectivity index (χ4v) is 3.91. The number of nitriles is 1. The summed E-state index contributed by atoms with van der Waals surface area (Å²) in [5.74, 6) is 1.42. The predicted molar refractivity (Wildman–Crippen MR) is 91.9 cm³/mol. The molecule has 0 aromatic carbocycles. The minimum Gasteiger partial charge on any atom is -0.324 e. The van der Waals surface area contributed by atoms with Crippen LogP contribution in [0.3, 0.4) is 0 Å².